The fourth-order valence-corrected chi connectivity index (χ4v) is 3.26. The highest BCUT2D eigenvalue weighted by molar-refractivity contribution is 5.95. The minimum atomic E-state index is -0.502. The molecule has 0 radical (unpaired) electrons. The van der Waals surface area contributed by atoms with Crippen LogP contribution in [0.2, 0.25) is 0 Å². The van der Waals surface area contributed by atoms with E-state index in [1.807, 2.05) is 41.1 Å². The normalized spacial score (nSPS) is 16.3. The zero-order valence-corrected chi connectivity index (χ0v) is 13.7. The van der Waals surface area contributed by atoms with Crippen LogP contribution >= 0.6 is 0 Å². The number of rotatable bonds is 3. The number of aromatic nitrogens is 2. The van der Waals surface area contributed by atoms with E-state index in [4.69, 9.17) is 0 Å². The molecular formula is C20H18FN3O. The number of aryl methyl sites for hydroxylation is 1. The second-order valence-corrected chi connectivity index (χ2v) is 6.27. The summed E-state index contributed by atoms with van der Waals surface area (Å²) in [4.78, 5) is 16.7. The Labute approximate surface area is 145 Å². The van der Waals surface area contributed by atoms with Crippen molar-refractivity contribution >= 4 is 5.91 Å². The van der Waals surface area contributed by atoms with E-state index in [-0.39, 0.29) is 17.5 Å². The lowest BCUT2D eigenvalue weighted by Gasteiger charge is -2.24. The summed E-state index contributed by atoms with van der Waals surface area (Å²) in [6.07, 6.45) is 5.30. The molecule has 0 bridgehead atoms. The molecule has 0 saturated carbocycles. The summed E-state index contributed by atoms with van der Waals surface area (Å²) in [7, 11) is 0. The molecule has 1 N–H and O–H groups in total. The molecule has 1 aliphatic rings. The summed E-state index contributed by atoms with van der Waals surface area (Å²) >= 11 is 0. The molecule has 126 valence electrons. The van der Waals surface area contributed by atoms with Crippen molar-refractivity contribution in [3.63, 3.8) is 0 Å². The first kappa shape index (κ1) is 15.6. The van der Waals surface area contributed by atoms with Crippen LogP contribution in [0.15, 0.2) is 60.9 Å². The number of imidazole rings is 1. The Morgan fingerprint density at radius 3 is 2.80 bits per heavy atom. The summed E-state index contributed by atoms with van der Waals surface area (Å²) in [5.74, 6) is 0.160. The number of nitrogens with one attached hydrogen (secondary N) is 1. The van der Waals surface area contributed by atoms with Gasteiger partial charge in [0.25, 0.3) is 5.91 Å². The summed E-state index contributed by atoms with van der Waals surface area (Å²) in [6, 6.07) is 14.3. The van der Waals surface area contributed by atoms with Gasteiger partial charge in [-0.25, -0.2) is 9.37 Å². The first-order chi connectivity index (χ1) is 12.2. The lowest BCUT2D eigenvalue weighted by atomic mass is 10.0. The highest BCUT2D eigenvalue weighted by atomic mass is 19.1. The fraction of sp³-hybridized carbons (Fsp3) is 0.200. The van der Waals surface area contributed by atoms with E-state index < -0.39 is 5.82 Å². The highest BCUT2D eigenvalue weighted by Gasteiger charge is 2.22. The smallest absolute Gasteiger partial charge is 0.254 e. The van der Waals surface area contributed by atoms with E-state index in [0.717, 1.165) is 29.8 Å². The minimum Gasteiger partial charge on any atom is -0.347 e. The number of hydrogen-bond donors (Lipinski definition) is 1. The summed E-state index contributed by atoms with van der Waals surface area (Å²) < 4.78 is 16.5. The van der Waals surface area contributed by atoms with Crippen molar-refractivity contribution < 1.29 is 9.18 Å². The summed E-state index contributed by atoms with van der Waals surface area (Å²) in [5, 5.41) is 2.94. The van der Waals surface area contributed by atoms with Crippen LogP contribution in [0.25, 0.3) is 11.1 Å². The maximum atomic E-state index is 14.5. The zero-order valence-electron chi connectivity index (χ0n) is 13.7. The molecular weight excluding hydrogens is 317 g/mol. The molecule has 25 heavy (non-hydrogen) atoms. The summed E-state index contributed by atoms with van der Waals surface area (Å²) in [5.41, 5.74) is 1.76. The monoisotopic (exact) mass is 335 g/mol. The van der Waals surface area contributed by atoms with Gasteiger partial charge in [-0.3, -0.25) is 4.79 Å². The van der Waals surface area contributed by atoms with Gasteiger partial charge in [-0.15, -0.1) is 0 Å². The van der Waals surface area contributed by atoms with Crippen molar-refractivity contribution in [1.82, 2.24) is 14.9 Å². The van der Waals surface area contributed by atoms with Crippen LogP contribution in [0.1, 0.15) is 22.6 Å². The van der Waals surface area contributed by atoms with Crippen molar-refractivity contribution in [2.75, 3.05) is 0 Å². The lowest BCUT2D eigenvalue weighted by Crippen LogP contribution is -2.41. The zero-order chi connectivity index (χ0) is 17.2. The van der Waals surface area contributed by atoms with Gasteiger partial charge in [-0.05, 0) is 29.7 Å². The van der Waals surface area contributed by atoms with Gasteiger partial charge in [0.05, 0.1) is 5.56 Å². The third kappa shape index (κ3) is 3.18. The predicted molar refractivity (Wildman–Crippen MR) is 93.6 cm³/mol. The number of benzene rings is 2. The third-order valence-corrected chi connectivity index (χ3v) is 4.59. The average molecular weight is 335 g/mol. The topological polar surface area (TPSA) is 46.9 Å². The highest BCUT2D eigenvalue weighted by Crippen LogP contribution is 2.22. The molecule has 1 amide bonds. The van der Waals surface area contributed by atoms with Crippen LogP contribution in [0.3, 0.4) is 0 Å². The molecule has 0 aliphatic carbocycles. The Kier molecular flexibility index (Phi) is 4.06. The van der Waals surface area contributed by atoms with E-state index in [9.17, 15) is 9.18 Å². The maximum absolute atomic E-state index is 14.5. The molecule has 0 spiro atoms. The van der Waals surface area contributed by atoms with Crippen molar-refractivity contribution in [1.29, 1.82) is 0 Å². The average Bonchev–Trinajstić information content (AvgIpc) is 3.10. The van der Waals surface area contributed by atoms with Crippen LogP contribution in [-0.2, 0) is 13.0 Å². The molecule has 0 fully saturated rings. The van der Waals surface area contributed by atoms with Crippen molar-refractivity contribution in [2.45, 2.75) is 25.4 Å². The third-order valence-electron chi connectivity index (χ3n) is 4.59. The van der Waals surface area contributed by atoms with E-state index in [1.165, 1.54) is 6.07 Å². The molecule has 5 heteroatoms. The molecule has 1 atom stereocenters. The molecule has 2 heterocycles. The van der Waals surface area contributed by atoms with Crippen molar-refractivity contribution in [3.8, 4) is 11.1 Å². The van der Waals surface area contributed by atoms with Crippen LogP contribution in [-0.4, -0.2) is 21.5 Å². The molecule has 1 aromatic heterocycles. The molecule has 0 unspecified atom stereocenters. The molecule has 1 aliphatic heterocycles. The van der Waals surface area contributed by atoms with Crippen LogP contribution in [0.5, 0.6) is 0 Å². The van der Waals surface area contributed by atoms with Gasteiger partial charge in [0.2, 0.25) is 0 Å². The number of fused-ring (bicyclic) bond motifs is 1. The van der Waals surface area contributed by atoms with E-state index in [2.05, 4.69) is 10.3 Å². The molecule has 4 nitrogen and oxygen atoms in total. The standard InChI is InChI=1S/C20H18FN3O/c21-18-12-15(14-4-2-1-3-5-14)6-8-17(18)20(25)23-16-7-9-19-22-10-11-24(19)13-16/h1-6,8,10-12,16H,7,9,13H2,(H,23,25)/t16-/m1/s1. The van der Waals surface area contributed by atoms with Gasteiger partial charge in [0.15, 0.2) is 0 Å². The SMILES string of the molecule is O=C(N[C@@H]1CCc2nccn2C1)c1ccc(-c2ccccc2)cc1F. The number of nitrogens with zero attached hydrogens (tertiary/aromatic N) is 2. The molecule has 3 aromatic rings. The largest absolute Gasteiger partial charge is 0.347 e. The fourth-order valence-electron chi connectivity index (χ4n) is 3.26. The lowest BCUT2D eigenvalue weighted by molar-refractivity contribution is 0.0923. The predicted octanol–water partition coefficient (Wildman–Crippen LogP) is 3.43. The molecule has 4 rings (SSSR count). The van der Waals surface area contributed by atoms with Crippen molar-refractivity contribution in [3.05, 3.63) is 78.1 Å². The Balaban J connectivity index is 1.49. The van der Waals surface area contributed by atoms with Crippen LogP contribution < -0.4 is 5.32 Å². The van der Waals surface area contributed by atoms with E-state index in [0.29, 0.717) is 6.54 Å². The number of halogens is 1. The first-order valence-corrected chi connectivity index (χ1v) is 8.36. The van der Waals surface area contributed by atoms with E-state index >= 15 is 0 Å². The van der Waals surface area contributed by atoms with Crippen LogP contribution in [0, 0.1) is 5.82 Å². The molecule has 2 aromatic carbocycles. The number of carbonyl (C=O) groups excluding carboxylic acids is 1. The number of hydrogen-bond acceptors (Lipinski definition) is 2. The van der Waals surface area contributed by atoms with Gasteiger partial charge < -0.3 is 9.88 Å². The number of amides is 1. The van der Waals surface area contributed by atoms with Crippen molar-refractivity contribution in [2.24, 2.45) is 0 Å². The van der Waals surface area contributed by atoms with Gasteiger partial charge in [0.1, 0.15) is 11.6 Å². The maximum Gasteiger partial charge on any atom is 0.254 e. The Bertz CT molecular complexity index is 904. The first-order valence-electron chi connectivity index (χ1n) is 8.36. The summed E-state index contributed by atoms with van der Waals surface area (Å²) in [6.45, 7) is 0.671. The van der Waals surface area contributed by atoms with Crippen LogP contribution in [0.4, 0.5) is 4.39 Å². The Hall–Kier alpha value is -2.95. The van der Waals surface area contributed by atoms with Gasteiger partial charge >= 0.3 is 0 Å². The Morgan fingerprint density at radius 2 is 2.00 bits per heavy atom. The number of carbonyl (C=O) groups is 1. The van der Waals surface area contributed by atoms with Gasteiger partial charge in [-0.2, -0.15) is 0 Å². The quantitative estimate of drug-likeness (QED) is 0.797. The minimum absolute atomic E-state index is 0.0117. The van der Waals surface area contributed by atoms with E-state index in [1.54, 1.807) is 18.3 Å². The van der Waals surface area contributed by atoms with Gasteiger partial charge in [0, 0.05) is 31.4 Å². The molecule has 0 saturated heterocycles. The second kappa shape index (κ2) is 6.51. The Morgan fingerprint density at radius 1 is 1.16 bits per heavy atom. The second-order valence-electron chi connectivity index (χ2n) is 6.27. The van der Waals surface area contributed by atoms with Gasteiger partial charge in [-0.1, -0.05) is 36.4 Å².